The topological polar surface area (TPSA) is 67.2 Å². The van der Waals surface area contributed by atoms with Crippen molar-refractivity contribution in [2.75, 3.05) is 0 Å². The Labute approximate surface area is 118 Å². The number of nitrogens with zero attached hydrogens (tertiary/aromatic N) is 2. The fraction of sp³-hybridized carbons (Fsp3) is 0.600. The zero-order valence-corrected chi connectivity index (χ0v) is 11.7. The fourth-order valence-corrected chi connectivity index (χ4v) is 3.19. The first-order valence-corrected chi connectivity index (χ1v) is 7.33. The molecule has 0 saturated heterocycles. The van der Waals surface area contributed by atoms with Crippen LogP contribution in [0.3, 0.4) is 0 Å². The standard InChI is InChI=1S/C15H21N3O2/c1-10(11-5-2-3-6-11)15(20)17-12-9-13(19)14(12)18-8-4-7-16-18/h4,7-8,12-14,19H,2-3,5-6,9H2,1H3,(H,17,20)/t12-,13+,14+/m0/s1. The summed E-state index contributed by atoms with van der Waals surface area (Å²) in [5, 5.41) is 17.1. The van der Waals surface area contributed by atoms with Gasteiger partial charge in [-0.2, -0.15) is 5.10 Å². The van der Waals surface area contributed by atoms with Crippen molar-refractivity contribution in [2.24, 2.45) is 0 Å². The van der Waals surface area contributed by atoms with E-state index in [9.17, 15) is 9.90 Å². The largest absolute Gasteiger partial charge is 0.391 e. The quantitative estimate of drug-likeness (QED) is 0.823. The van der Waals surface area contributed by atoms with Crippen LogP contribution < -0.4 is 5.32 Å². The second kappa shape index (κ2) is 5.40. The monoisotopic (exact) mass is 275 g/mol. The number of allylic oxidation sites excluding steroid dienone is 1. The van der Waals surface area contributed by atoms with Crippen LogP contribution in [0.25, 0.3) is 0 Å². The van der Waals surface area contributed by atoms with Gasteiger partial charge in [0.15, 0.2) is 0 Å². The number of hydrogen-bond acceptors (Lipinski definition) is 3. The molecule has 1 aromatic heterocycles. The van der Waals surface area contributed by atoms with Crippen LogP contribution in [-0.4, -0.2) is 32.9 Å². The highest BCUT2D eigenvalue weighted by Gasteiger charge is 2.42. The molecule has 0 aromatic carbocycles. The van der Waals surface area contributed by atoms with Crippen molar-refractivity contribution in [1.82, 2.24) is 15.1 Å². The van der Waals surface area contributed by atoms with E-state index >= 15 is 0 Å². The first kappa shape index (κ1) is 13.4. The summed E-state index contributed by atoms with van der Waals surface area (Å²) >= 11 is 0. The molecule has 20 heavy (non-hydrogen) atoms. The second-order valence-electron chi connectivity index (χ2n) is 5.80. The van der Waals surface area contributed by atoms with Crippen molar-refractivity contribution in [1.29, 1.82) is 0 Å². The lowest BCUT2D eigenvalue weighted by molar-refractivity contribution is -0.121. The molecule has 1 amide bonds. The molecule has 3 atom stereocenters. The van der Waals surface area contributed by atoms with Gasteiger partial charge in [-0.3, -0.25) is 9.48 Å². The van der Waals surface area contributed by atoms with Crippen LogP contribution in [0.5, 0.6) is 0 Å². The van der Waals surface area contributed by atoms with Gasteiger partial charge in [0.25, 0.3) is 0 Å². The summed E-state index contributed by atoms with van der Waals surface area (Å²) < 4.78 is 1.73. The SMILES string of the molecule is CC(C(=O)N[C@H]1C[C@@H](O)[C@@H]1n1cccn1)=C1CCCC1. The lowest BCUT2D eigenvalue weighted by Gasteiger charge is -2.41. The van der Waals surface area contributed by atoms with Crippen LogP contribution in [0.4, 0.5) is 0 Å². The molecular weight excluding hydrogens is 254 g/mol. The molecule has 108 valence electrons. The van der Waals surface area contributed by atoms with Crippen molar-refractivity contribution in [3.8, 4) is 0 Å². The van der Waals surface area contributed by atoms with E-state index in [1.807, 2.05) is 19.2 Å². The number of carbonyl (C=O) groups excluding carboxylic acids is 1. The molecule has 1 aromatic rings. The van der Waals surface area contributed by atoms with E-state index in [1.54, 1.807) is 10.9 Å². The Bertz CT molecular complexity index is 513. The van der Waals surface area contributed by atoms with Crippen LogP contribution in [0.2, 0.25) is 0 Å². The van der Waals surface area contributed by atoms with E-state index in [-0.39, 0.29) is 18.0 Å². The van der Waals surface area contributed by atoms with Crippen LogP contribution in [-0.2, 0) is 4.79 Å². The van der Waals surface area contributed by atoms with Crippen molar-refractivity contribution in [3.05, 3.63) is 29.6 Å². The van der Waals surface area contributed by atoms with Crippen molar-refractivity contribution in [2.45, 2.75) is 57.2 Å². The number of rotatable bonds is 3. The summed E-state index contributed by atoms with van der Waals surface area (Å²) in [5.41, 5.74) is 2.15. The van der Waals surface area contributed by atoms with Crippen LogP contribution >= 0.6 is 0 Å². The van der Waals surface area contributed by atoms with E-state index in [0.717, 1.165) is 18.4 Å². The maximum absolute atomic E-state index is 12.3. The number of aliphatic hydroxyl groups is 1. The van der Waals surface area contributed by atoms with Crippen LogP contribution in [0, 0.1) is 0 Å². The van der Waals surface area contributed by atoms with E-state index < -0.39 is 6.10 Å². The number of aliphatic hydroxyl groups excluding tert-OH is 1. The van der Waals surface area contributed by atoms with Gasteiger partial charge in [0.2, 0.25) is 5.91 Å². The average Bonchev–Trinajstić information content (AvgIpc) is 3.09. The Kier molecular flexibility index (Phi) is 3.61. The minimum absolute atomic E-state index is 0.0101. The van der Waals surface area contributed by atoms with Gasteiger partial charge in [-0.1, -0.05) is 5.57 Å². The molecule has 2 N–H and O–H groups in total. The molecule has 1 heterocycles. The molecular formula is C15H21N3O2. The maximum Gasteiger partial charge on any atom is 0.247 e. The van der Waals surface area contributed by atoms with Gasteiger partial charge in [-0.15, -0.1) is 0 Å². The molecule has 2 fully saturated rings. The molecule has 5 nitrogen and oxygen atoms in total. The van der Waals surface area contributed by atoms with Gasteiger partial charge in [-0.25, -0.2) is 0 Å². The van der Waals surface area contributed by atoms with Gasteiger partial charge >= 0.3 is 0 Å². The number of nitrogens with one attached hydrogen (secondary N) is 1. The first-order chi connectivity index (χ1) is 9.66. The molecule has 0 spiro atoms. The highest BCUT2D eigenvalue weighted by Crippen LogP contribution is 2.33. The van der Waals surface area contributed by atoms with Crippen LogP contribution in [0.15, 0.2) is 29.6 Å². The third-order valence-electron chi connectivity index (χ3n) is 4.53. The lowest BCUT2D eigenvalue weighted by atomic mass is 9.82. The highest BCUT2D eigenvalue weighted by atomic mass is 16.3. The van der Waals surface area contributed by atoms with E-state index in [1.165, 1.54) is 18.4 Å². The summed E-state index contributed by atoms with van der Waals surface area (Å²) in [4.78, 5) is 12.3. The Morgan fingerprint density at radius 3 is 2.80 bits per heavy atom. The zero-order valence-electron chi connectivity index (χ0n) is 11.7. The molecule has 5 heteroatoms. The van der Waals surface area contributed by atoms with Gasteiger partial charge in [-0.05, 0) is 45.1 Å². The zero-order chi connectivity index (χ0) is 14.1. The summed E-state index contributed by atoms with van der Waals surface area (Å²) in [7, 11) is 0. The minimum atomic E-state index is -0.431. The average molecular weight is 275 g/mol. The minimum Gasteiger partial charge on any atom is -0.391 e. The number of amides is 1. The van der Waals surface area contributed by atoms with Gasteiger partial charge in [0, 0.05) is 18.0 Å². The van der Waals surface area contributed by atoms with E-state index in [4.69, 9.17) is 0 Å². The van der Waals surface area contributed by atoms with E-state index in [0.29, 0.717) is 6.42 Å². The Morgan fingerprint density at radius 2 is 2.20 bits per heavy atom. The molecule has 2 saturated carbocycles. The summed E-state index contributed by atoms with van der Waals surface area (Å²) in [6.07, 6.45) is 8.17. The van der Waals surface area contributed by atoms with Crippen molar-refractivity contribution < 1.29 is 9.90 Å². The van der Waals surface area contributed by atoms with Crippen molar-refractivity contribution >= 4 is 5.91 Å². The number of aromatic nitrogens is 2. The normalized spacial score (nSPS) is 29.1. The Balaban J connectivity index is 1.66. The number of carbonyl (C=O) groups is 1. The maximum atomic E-state index is 12.3. The predicted molar refractivity (Wildman–Crippen MR) is 75.0 cm³/mol. The summed E-state index contributed by atoms with van der Waals surface area (Å²) in [6, 6.07) is 1.65. The molecule has 2 aliphatic carbocycles. The molecule has 2 aliphatic rings. The lowest BCUT2D eigenvalue weighted by Crippen LogP contribution is -2.56. The first-order valence-electron chi connectivity index (χ1n) is 7.33. The second-order valence-corrected chi connectivity index (χ2v) is 5.80. The summed E-state index contributed by atoms with van der Waals surface area (Å²) in [5.74, 6) is 0.0101. The number of hydrogen-bond donors (Lipinski definition) is 2. The summed E-state index contributed by atoms with van der Waals surface area (Å²) in [6.45, 7) is 1.91. The molecule has 0 radical (unpaired) electrons. The Hall–Kier alpha value is -1.62. The van der Waals surface area contributed by atoms with Crippen LogP contribution in [0.1, 0.15) is 45.1 Å². The van der Waals surface area contributed by atoms with Gasteiger partial charge in [0.05, 0.1) is 18.2 Å². The van der Waals surface area contributed by atoms with Gasteiger partial charge in [0.1, 0.15) is 0 Å². The smallest absolute Gasteiger partial charge is 0.247 e. The Morgan fingerprint density at radius 1 is 1.45 bits per heavy atom. The van der Waals surface area contributed by atoms with E-state index in [2.05, 4.69) is 10.4 Å². The highest BCUT2D eigenvalue weighted by molar-refractivity contribution is 5.94. The molecule has 0 unspecified atom stereocenters. The molecule has 0 aliphatic heterocycles. The van der Waals surface area contributed by atoms with Gasteiger partial charge < -0.3 is 10.4 Å². The third kappa shape index (κ3) is 2.38. The molecule has 0 bridgehead atoms. The third-order valence-corrected chi connectivity index (χ3v) is 4.53. The fourth-order valence-electron chi connectivity index (χ4n) is 3.19. The predicted octanol–water partition coefficient (Wildman–Crippen LogP) is 1.56. The van der Waals surface area contributed by atoms with Crippen molar-refractivity contribution in [3.63, 3.8) is 0 Å². The molecule has 3 rings (SSSR count).